The largest absolute Gasteiger partial charge is 0.311 e. The third-order valence-electron chi connectivity index (χ3n) is 2.77. The summed E-state index contributed by atoms with van der Waals surface area (Å²) in [5.74, 6) is 0. The number of rotatable bonds is 1. The molecule has 0 fully saturated rings. The molecule has 2 heterocycles. The van der Waals surface area contributed by atoms with Crippen molar-refractivity contribution < 1.29 is 0 Å². The van der Waals surface area contributed by atoms with Crippen LogP contribution >= 0.6 is 34.5 Å². The van der Waals surface area contributed by atoms with E-state index in [4.69, 9.17) is 23.2 Å². The van der Waals surface area contributed by atoms with Gasteiger partial charge in [0.15, 0.2) is 0 Å². The highest BCUT2D eigenvalue weighted by molar-refractivity contribution is 7.15. The van der Waals surface area contributed by atoms with Crippen LogP contribution in [0.25, 0.3) is 10.6 Å². The Hall–Kier alpha value is -0.610. The van der Waals surface area contributed by atoms with Gasteiger partial charge in [0.25, 0.3) is 0 Å². The summed E-state index contributed by atoms with van der Waals surface area (Å²) in [6, 6.07) is 5.66. The van der Waals surface area contributed by atoms with Gasteiger partial charge in [-0.25, -0.2) is 4.98 Å². The summed E-state index contributed by atoms with van der Waals surface area (Å²) in [6.07, 6.45) is 1.01. The molecular weight excluding hydrogens is 275 g/mol. The molecule has 0 unspecified atom stereocenters. The highest BCUT2D eigenvalue weighted by Crippen LogP contribution is 2.33. The Labute approximate surface area is 114 Å². The van der Waals surface area contributed by atoms with Crippen LogP contribution in [0.2, 0.25) is 10.0 Å². The van der Waals surface area contributed by atoms with Crippen molar-refractivity contribution in [2.75, 3.05) is 6.54 Å². The first kappa shape index (κ1) is 11.5. The summed E-state index contributed by atoms with van der Waals surface area (Å²) in [5.41, 5.74) is 2.26. The number of hydrogen-bond donors (Lipinski definition) is 1. The van der Waals surface area contributed by atoms with Crippen molar-refractivity contribution >= 4 is 34.5 Å². The van der Waals surface area contributed by atoms with E-state index in [1.807, 2.05) is 18.2 Å². The number of hydrogen-bond acceptors (Lipinski definition) is 3. The normalized spacial score (nSPS) is 14.7. The van der Waals surface area contributed by atoms with Gasteiger partial charge in [0.05, 0.1) is 15.7 Å². The standard InChI is InChI=1S/C12H10Cl2N2S/c13-8-2-1-7(5-9(8)14)12-16-10-3-4-15-6-11(10)17-12/h1-2,5,15H,3-4,6H2. The predicted octanol–water partition coefficient (Wildman–Crippen LogP) is 3.76. The molecule has 0 spiro atoms. The SMILES string of the molecule is Clc1ccc(-c2nc3c(s2)CNCC3)cc1Cl. The summed E-state index contributed by atoms with van der Waals surface area (Å²) in [4.78, 5) is 6.00. The molecule has 2 nitrogen and oxygen atoms in total. The molecule has 1 aromatic heterocycles. The Morgan fingerprint density at radius 3 is 2.88 bits per heavy atom. The van der Waals surface area contributed by atoms with Crippen LogP contribution in [0.1, 0.15) is 10.6 Å². The number of benzene rings is 1. The van der Waals surface area contributed by atoms with Gasteiger partial charge in [0.2, 0.25) is 0 Å². The van der Waals surface area contributed by atoms with Gasteiger partial charge in [0, 0.05) is 30.0 Å². The van der Waals surface area contributed by atoms with Crippen molar-refractivity contribution in [3.63, 3.8) is 0 Å². The summed E-state index contributed by atoms with van der Waals surface area (Å²) < 4.78 is 0. The zero-order chi connectivity index (χ0) is 11.8. The van der Waals surface area contributed by atoms with Gasteiger partial charge < -0.3 is 5.32 Å². The third kappa shape index (κ3) is 2.20. The van der Waals surface area contributed by atoms with E-state index in [1.165, 1.54) is 10.6 Å². The summed E-state index contributed by atoms with van der Waals surface area (Å²) in [6.45, 7) is 1.94. The molecular formula is C12H10Cl2N2S. The lowest BCUT2D eigenvalue weighted by Gasteiger charge is -2.09. The first-order chi connectivity index (χ1) is 8.24. The molecule has 1 aliphatic heterocycles. The number of thiazole rings is 1. The Morgan fingerprint density at radius 2 is 2.12 bits per heavy atom. The zero-order valence-electron chi connectivity index (χ0n) is 8.96. The third-order valence-corrected chi connectivity index (χ3v) is 4.65. The minimum absolute atomic E-state index is 0.579. The molecule has 1 aliphatic rings. The first-order valence-corrected chi connectivity index (χ1v) is 6.96. The van der Waals surface area contributed by atoms with Gasteiger partial charge in [0.1, 0.15) is 5.01 Å². The molecule has 1 aromatic carbocycles. The molecule has 0 bridgehead atoms. The average molecular weight is 285 g/mol. The fraction of sp³-hybridized carbons (Fsp3) is 0.250. The van der Waals surface area contributed by atoms with Gasteiger partial charge in [-0.3, -0.25) is 0 Å². The second-order valence-electron chi connectivity index (χ2n) is 3.94. The van der Waals surface area contributed by atoms with Gasteiger partial charge >= 0.3 is 0 Å². The molecule has 0 amide bonds. The van der Waals surface area contributed by atoms with E-state index in [9.17, 15) is 0 Å². The second-order valence-corrected chi connectivity index (χ2v) is 5.84. The van der Waals surface area contributed by atoms with Crippen LogP contribution in [0.3, 0.4) is 0 Å². The molecule has 0 atom stereocenters. The van der Waals surface area contributed by atoms with Crippen molar-refractivity contribution in [3.8, 4) is 10.6 Å². The fourth-order valence-corrected chi connectivity index (χ4v) is 3.25. The number of halogens is 2. The molecule has 0 radical (unpaired) electrons. The number of aromatic nitrogens is 1. The number of nitrogens with one attached hydrogen (secondary N) is 1. The molecule has 88 valence electrons. The molecule has 0 saturated carbocycles. The molecule has 17 heavy (non-hydrogen) atoms. The number of fused-ring (bicyclic) bond motifs is 1. The van der Waals surface area contributed by atoms with Crippen LogP contribution < -0.4 is 5.32 Å². The Balaban J connectivity index is 2.03. The summed E-state index contributed by atoms with van der Waals surface area (Å²) in [7, 11) is 0. The van der Waals surface area contributed by atoms with Crippen molar-refractivity contribution in [3.05, 3.63) is 38.8 Å². The second kappa shape index (κ2) is 4.58. The molecule has 2 aromatic rings. The van der Waals surface area contributed by atoms with E-state index >= 15 is 0 Å². The van der Waals surface area contributed by atoms with Crippen LogP contribution in [0.4, 0.5) is 0 Å². The minimum atomic E-state index is 0.579. The van der Waals surface area contributed by atoms with Crippen LogP contribution in [0, 0.1) is 0 Å². The Bertz CT molecular complexity index is 542. The average Bonchev–Trinajstić information content (AvgIpc) is 2.76. The van der Waals surface area contributed by atoms with E-state index in [-0.39, 0.29) is 0 Å². The van der Waals surface area contributed by atoms with Gasteiger partial charge in [-0.1, -0.05) is 29.3 Å². The van der Waals surface area contributed by atoms with Gasteiger partial charge in [-0.05, 0) is 12.1 Å². The summed E-state index contributed by atoms with van der Waals surface area (Å²) >= 11 is 13.7. The van der Waals surface area contributed by atoms with E-state index < -0.39 is 0 Å². The summed E-state index contributed by atoms with van der Waals surface area (Å²) in [5, 5.41) is 5.54. The van der Waals surface area contributed by atoms with E-state index in [0.29, 0.717) is 10.0 Å². The van der Waals surface area contributed by atoms with Crippen LogP contribution in [0.5, 0.6) is 0 Å². The lowest BCUT2D eigenvalue weighted by atomic mass is 10.2. The monoisotopic (exact) mass is 284 g/mol. The highest BCUT2D eigenvalue weighted by Gasteiger charge is 2.15. The number of nitrogens with zero attached hydrogens (tertiary/aromatic N) is 1. The highest BCUT2D eigenvalue weighted by atomic mass is 35.5. The van der Waals surface area contributed by atoms with Crippen molar-refractivity contribution in [2.45, 2.75) is 13.0 Å². The van der Waals surface area contributed by atoms with Crippen LogP contribution in [-0.4, -0.2) is 11.5 Å². The lowest BCUT2D eigenvalue weighted by molar-refractivity contribution is 0.644. The van der Waals surface area contributed by atoms with Crippen LogP contribution in [0.15, 0.2) is 18.2 Å². The van der Waals surface area contributed by atoms with E-state index in [1.54, 1.807) is 11.3 Å². The van der Waals surface area contributed by atoms with Crippen molar-refractivity contribution in [1.29, 1.82) is 0 Å². The molecule has 5 heteroatoms. The zero-order valence-corrected chi connectivity index (χ0v) is 11.3. The molecule has 0 aliphatic carbocycles. The maximum atomic E-state index is 6.02. The maximum absolute atomic E-state index is 6.02. The van der Waals surface area contributed by atoms with Gasteiger partial charge in [-0.15, -0.1) is 11.3 Å². The van der Waals surface area contributed by atoms with Gasteiger partial charge in [-0.2, -0.15) is 0 Å². The molecule has 1 N–H and O–H groups in total. The maximum Gasteiger partial charge on any atom is 0.123 e. The minimum Gasteiger partial charge on any atom is -0.311 e. The smallest absolute Gasteiger partial charge is 0.123 e. The quantitative estimate of drug-likeness (QED) is 0.863. The van der Waals surface area contributed by atoms with Crippen molar-refractivity contribution in [2.24, 2.45) is 0 Å². The van der Waals surface area contributed by atoms with E-state index in [0.717, 1.165) is 30.1 Å². The molecule has 3 rings (SSSR count). The lowest BCUT2D eigenvalue weighted by Crippen LogP contribution is -2.22. The molecule has 0 saturated heterocycles. The fourth-order valence-electron chi connectivity index (χ4n) is 1.88. The Morgan fingerprint density at radius 1 is 1.24 bits per heavy atom. The van der Waals surface area contributed by atoms with Crippen LogP contribution in [-0.2, 0) is 13.0 Å². The topological polar surface area (TPSA) is 24.9 Å². The predicted molar refractivity (Wildman–Crippen MR) is 73.0 cm³/mol. The van der Waals surface area contributed by atoms with E-state index in [2.05, 4.69) is 10.3 Å². The first-order valence-electron chi connectivity index (χ1n) is 5.39. The van der Waals surface area contributed by atoms with Crippen molar-refractivity contribution in [1.82, 2.24) is 10.3 Å². The Kier molecular flexibility index (Phi) is 3.09.